The summed E-state index contributed by atoms with van der Waals surface area (Å²) < 4.78 is 6.14. The quantitative estimate of drug-likeness (QED) is 0.498. The minimum Gasteiger partial charge on any atom is -0.486 e. The Kier molecular flexibility index (Phi) is 6.24. The maximum atomic E-state index is 6.14. The van der Waals surface area contributed by atoms with Crippen molar-refractivity contribution < 1.29 is 4.74 Å². The maximum absolute atomic E-state index is 6.14. The highest BCUT2D eigenvalue weighted by atomic mass is 16.5. The van der Waals surface area contributed by atoms with Gasteiger partial charge in [0.15, 0.2) is 0 Å². The van der Waals surface area contributed by atoms with E-state index in [1.165, 1.54) is 11.1 Å². The van der Waals surface area contributed by atoms with E-state index in [1.54, 1.807) is 0 Å². The molecule has 0 fully saturated rings. The first-order valence-corrected chi connectivity index (χ1v) is 8.57. The molecular formula is C24H22O. The Morgan fingerprint density at radius 1 is 0.640 bits per heavy atom. The van der Waals surface area contributed by atoms with E-state index in [-0.39, 0.29) is 6.10 Å². The lowest BCUT2D eigenvalue weighted by molar-refractivity contribution is 0.254. The number of hydrogen-bond acceptors (Lipinski definition) is 1. The van der Waals surface area contributed by atoms with E-state index in [4.69, 9.17) is 4.74 Å². The fraction of sp³-hybridized carbons (Fsp3) is 0.0833. The number of hydrogen-bond donors (Lipinski definition) is 0. The molecule has 0 radical (unpaired) electrons. The Morgan fingerprint density at radius 2 is 1.16 bits per heavy atom. The van der Waals surface area contributed by atoms with Gasteiger partial charge >= 0.3 is 0 Å². The topological polar surface area (TPSA) is 9.23 Å². The molecule has 0 aromatic heterocycles. The predicted molar refractivity (Wildman–Crippen MR) is 106 cm³/mol. The van der Waals surface area contributed by atoms with Crippen molar-refractivity contribution in [3.05, 3.63) is 114 Å². The van der Waals surface area contributed by atoms with Crippen molar-refractivity contribution in [1.29, 1.82) is 0 Å². The summed E-state index contributed by atoms with van der Waals surface area (Å²) in [6.45, 7) is 0. The zero-order valence-electron chi connectivity index (χ0n) is 14.2. The summed E-state index contributed by atoms with van der Waals surface area (Å²) in [4.78, 5) is 0. The van der Waals surface area contributed by atoms with Gasteiger partial charge in [-0.25, -0.2) is 0 Å². The van der Waals surface area contributed by atoms with Crippen molar-refractivity contribution >= 4 is 12.2 Å². The number of ether oxygens (including phenoxy) is 1. The van der Waals surface area contributed by atoms with Crippen LogP contribution in [-0.2, 0) is 0 Å². The first-order valence-electron chi connectivity index (χ1n) is 8.57. The van der Waals surface area contributed by atoms with E-state index in [1.807, 2.05) is 66.7 Å². The Labute approximate surface area is 149 Å². The third kappa shape index (κ3) is 5.82. The van der Waals surface area contributed by atoms with Crippen LogP contribution in [0.15, 0.2) is 103 Å². The van der Waals surface area contributed by atoms with Crippen LogP contribution in [0.25, 0.3) is 12.2 Å². The molecular weight excluding hydrogens is 304 g/mol. The van der Waals surface area contributed by atoms with Gasteiger partial charge in [-0.15, -0.1) is 0 Å². The molecule has 0 saturated heterocycles. The van der Waals surface area contributed by atoms with Gasteiger partial charge in [0.25, 0.3) is 0 Å². The summed E-state index contributed by atoms with van der Waals surface area (Å²) in [6, 6.07) is 30.6. The van der Waals surface area contributed by atoms with Crippen LogP contribution in [0.1, 0.15) is 17.5 Å². The predicted octanol–water partition coefficient (Wildman–Crippen LogP) is 6.25. The van der Waals surface area contributed by atoms with Gasteiger partial charge in [-0.05, 0) is 29.3 Å². The number of para-hydroxylation sites is 1. The second-order valence-corrected chi connectivity index (χ2v) is 5.79. The van der Waals surface area contributed by atoms with Gasteiger partial charge in [-0.3, -0.25) is 0 Å². The Balaban J connectivity index is 1.69. The second-order valence-electron chi connectivity index (χ2n) is 5.79. The number of benzene rings is 3. The van der Waals surface area contributed by atoms with Gasteiger partial charge < -0.3 is 4.74 Å². The lowest BCUT2D eigenvalue weighted by Gasteiger charge is -2.14. The first-order chi connectivity index (χ1) is 12.4. The summed E-state index contributed by atoms with van der Waals surface area (Å²) in [5.41, 5.74) is 2.38. The fourth-order valence-corrected chi connectivity index (χ4v) is 2.52. The Hall–Kier alpha value is -3.06. The monoisotopic (exact) mass is 326 g/mol. The van der Waals surface area contributed by atoms with E-state index in [0.29, 0.717) is 0 Å². The molecule has 1 nitrogen and oxygen atoms in total. The largest absolute Gasteiger partial charge is 0.486 e. The lowest BCUT2D eigenvalue weighted by Crippen LogP contribution is -2.12. The third-order valence-corrected chi connectivity index (χ3v) is 3.81. The third-order valence-electron chi connectivity index (χ3n) is 3.81. The molecule has 0 aliphatic heterocycles. The SMILES string of the molecule is C(=Cc1ccccc1)CC(C=Cc1ccccc1)Oc1ccccc1. The average Bonchev–Trinajstić information content (AvgIpc) is 2.68. The summed E-state index contributed by atoms with van der Waals surface area (Å²) >= 11 is 0. The van der Waals surface area contributed by atoms with Crippen LogP contribution in [0.3, 0.4) is 0 Å². The average molecular weight is 326 g/mol. The van der Waals surface area contributed by atoms with Crippen molar-refractivity contribution in [2.75, 3.05) is 0 Å². The van der Waals surface area contributed by atoms with E-state index in [9.17, 15) is 0 Å². The van der Waals surface area contributed by atoms with Gasteiger partial charge in [0.2, 0.25) is 0 Å². The van der Waals surface area contributed by atoms with Crippen molar-refractivity contribution in [2.24, 2.45) is 0 Å². The van der Waals surface area contributed by atoms with Gasteiger partial charge in [0.1, 0.15) is 11.9 Å². The van der Waals surface area contributed by atoms with Gasteiger partial charge in [-0.2, -0.15) is 0 Å². The summed E-state index contributed by atoms with van der Waals surface area (Å²) in [5, 5.41) is 0. The molecule has 0 N–H and O–H groups in total. The van der Waals surface area contributed by atoms with Crippen LogP contribution in [0.5, 0.6) is 5.75 Å². The van der Waals surface area contributed by atoms with Crippen LogP contribution in [-0.4, -0.2) is 6.10 Å². The molecule has 0 saturated carbocycles. The standard InChI is InChI=1S/C24H22O/c1-4-11-21(12-5-1)15-10-18-24(25-23-16-8-3-9-17-23)20-19-22-13-6-2-7-14-22/h1-17,19-20,24H,18H2. The Morgan fingerprint density at radius 3 is 1.76 bits per heavy atom. The van der Waals surface area contributed by atoms with Crippen molar-refractivity contribution in [3.8, 4) is 5.75 Å². The first kappa shape index (κ1) is 16.8. The smallest absolute Gasteiger partial charge is 0.121 e. The highest BCUT2D eigenvalue weighted by Gasteiger charge is 2.04. The molecule has 1 unspecified atom stereocenters. The molecule has 124 valence electrons. The van der Waals surface area contributed by atoms with E-state index >= 15 is 0 Å². The minimum atomic E-state index is -0.0115. The van der Waals surface area contributed by atoms with E-state index in [0.717, 1.165) is 12.2 Å². The van der Waals surface area contributed by atoms with E-state index in [2.05, 4.69) is 48.6 Å². The van der Waals surface area contributed by atoms with Crippen molar-refractivity contribution in [2.45, 2.75) is 12.5 Å². The van der Waals surface area contributed by atoms with Crippen molar-refractivity contribution in [3.63, 3.8) is 0 Å². The molecule has 0 bridgehead atoms. The molecule has 3 rings (SSSR count). The summed E-state index contributed by atoms with van der Waals surface area (Å²) in [7, 11) is 0. The van der Waals surface area contributed by atoms with Crippen LogP contribution in [0.2, 0.25) is 0 Å². The maximum Gasteiger partial charge on any atom is 0.121 e. The van der Waals surface area contributed by atoms with Crippen LogP contribution in [0.4, 0.5) is 0 Å². The fourth-order valence-electron chi connectivity index (χ4n) is 2.52. The minimum absolute atomic E-state index is 0.0115. The molecule has 1 atom stereocenters. The molecule has 3 aromatic carbocycles. The Bertz CT molecular complexity index is 789. The highest BCUT2D eigenvalue weighted by Crippen LogP contribution is 2.15. The number of rotatable bonds is 7. The molecule has 0 aliphatic rings. The highest BCUT2D eigenvalue weighted by molar-refractivity contribution is 5.51. The molecule has 0 amide bonds. The van der Waals surface area contributed by atoms with Gasteiger partial charge in [0.05, 0.1) is 0 Å². The normalized spacial score (nSPS) is 12.5. The summed E-state index contributed by atoms with van der Waals surface area (Å²) in [6.07, 6.45) is 9.34. The molecule has 0 aliphatic carbocycles. The van der Waals surface area contributed by atoms with Gasteiger partial charge in [-0.1, -0.05) is 97.1 Å². The van der Waals surface area contributed by atoms with Gasteiger partial charge in [0, 0.05) is 6.42 Å². The molecule has 0 heterocycles. The zero-order valence-corrected chi connectivity index (χ0v) is 14.2. The molecule has 25 heavy (non-hydrogen) atoms. The van der Waals surface area contributed by atoms with Crippen LogP contribution < -0.4 is 4.74 Å². The summed E-state index contributed by atoms with van der Waals surface area (Å²) in [5.74, 6) is 0.887. The lowest BCUT2D eigenvalue weighted by atomic mass is 10.1. The van der Waals surface area contributed by atoms with E-state index < -0.39 is 0 Å². The molecule has 3 aromatic rings. The van der Waals surface area contributed by atoms with Crippen LogP contribution >= 0.6 is 0 Å². The molecule has 1 heteroatoms. The molecule has 0 spiro atoms. The van der Waals surface area contributed by atoms with Crippen LogP contribution in [0, 0.1) is 0 Å². The zero-order chi connectivity index (χ0) is 17.2. The second kappa shape index (κ2) is 9.29. The van der Waals surface area contributed by atoms with Crippen molar-refractivity contribution in [1.82, 2.24) is 0 Å².